The van der Waals surface area contributed by atoms with Crippen molar-refractivity contribution in [1.82, 2.24) is 4.90 Å². The van der Waals surface area contributed by atoms with Gasteiger partial charge in [-0.1, -0.05) is 0 Å². The van der Waals surface area contributed by atoms with Crippen LogP contribution in [-0.4, -0.2) is 37.9 Å². The third-order valence-corrected chi connectivity index (χ3v) is 1.04. The van der Waals surface area contributed by atoms with Gasteiger partial charge in [0.2, 0.25) is 0 Å². The molecular formula is C8H13NO3. The molecule has 0 N–H and O–H groups in total. The smallest absolute Gasteiger partial charge is 0.342 e. The van der Waals surface area contributed by atoms with Crippen LogP contribution in [0.5, 0.6) is 0 Å². The summed E-state index contributed by atoms with van der Waals surface area (Å²) in [6.07, 6.45) is 1.91. The maximum Gasteiger partial charge on any atom is 0.342 e. The largest absolute Gasteiger partial charge is 0.462 e. The second kappa shape index (κ2) is 5.35. The molecule has 0 bridgehead atoms. The Balaban J connectivity index is 4.34. The summed E-state index contributed by atoms with van der Waals surface area (Å²) >= 11 is 0. The average Bonchev–Trinajstić information content (AvgIpc) is 2.00. The Morgan fingerprint density at radius 3 is 2.42 bits per heavy atom. The SMILES string of the molecule is CCOC(=O)C(C=O)=CN(C)C. The van der Waals surface area contributed by atoms with Crippen molar-refractivity contribution >= 4 is 12.3 Å². The Hall–Kier alpha value is -1.32. The number of hydrogen-bond donors (Lipinski definition) is 0. The van der Waals surface area contributed by atoms with Gasteiger partial charge in [-0.2, -0.15) is 0 Å². The van der Waals surface area contributed by atoms with Gasteiger partial charge in [0, 0.05) is 20.3 Å². The molecule has 0 amide bonds. The van der Waals surface area contributed by atoms with Crippen molar-refractivity contribution in [1.29, 1.82) is 0 Å². The highest BCUT2D eigenvalue weighted by Crippen LogP contribution is 1.95. The number of carbonyl (C=O) groups is 2. The van der Waals surface area contributed by atoms with Crippen molar-refractivity contribution in [3.8, 4) is 0 Å². The first-order valence-electron chi connectivity index (χ1n) is 3.62. The Kier molecular flexibility index (Phi) is 4.76. The predicted octanol–water partition coefficient (Wildman–Crippen LogP) is 0.194. The van der Waals surface area contributed by atoms with Crippen molar-refractivity contribution in [3.63, 3.8) is 0 Å². The number of nitrogens with zero attached hydrogens (tertiary/aromatic N) is 1. The molecule has 0 aromatic carbocycles. The summed E-state index contributed by atoms with van der Waals surface area (Å²) in [5.41, 5.74) is 0.0295. The minimum atomic E-state index is -0.582. The summed E-state index contributed by atoms with van der Waals surface area (Å²) in [5.74, 6) is -0.582. The molecule has 68 valence electrons. The van der Waals surface area contributed by atoms with Crippen LogP contribution in [0.3, 0.4) is 0 Å². The fourth-order valence-corrected chi connectivity index (χ4v) is 0.624. The molecule has 0 saturated carbocycles. The predicted molar refractivity (Wildman–Crippen MR) is 44.5 cm³/mol. The van der Waals surface area contributed by atoms with Gasteiger partial charge in [0.05, 0.1) is 6.61 Å². The van der Waals surface area contributed by atoms with E-state index < -0.39 is 5.97 Å². The van der Waals surface area contributed by atoms with Gasteiger partial charge in [-0.25, -0.2) is 4.79 Å². The molecule has 12 heavy (non-hydrogen) atoms. The highest BCUT2D eigenvalue weighted by molar-refractivity contribution is 6.07. The number of hydrogen-bond acceptors (Lipinski definition) is 4. The molecule has 0 rings (SSSR count). The van der Waals surface area contributed by atoms with Gasteiger partial charge in [-0.3, -0.25) is 4.79 Å². The highest BCUT2D eigenvalue weighted by Gasteiger charge is 2.08. The summed E-state index contributed by atoms with van der Waals surface area (Å²) < 4.78 is 4.63. The molecule has 0 aliphatic rings. The molecule has 0 atom stereocenters. The van der Waals surface area contributed by atoms with E-state index in [1.807, 2.05) is 0 Å². The van der Waals surface area contributed by atoms with Gasteiger partial charge >= 0.3 is 5.97 Å². The van der Waals surface area contributed by atoms with E-state index in [4.69, 9.17) is 0 Å². The van der Waals surface area contributed by atoms with Crippen molar-refractivity contribution < 1.29 is 14.3 Å². The van der Waals surface area contributed by atoms with Crippen molar-refractivity contribution in [2.75, 3.05) is 20.7 Å². The van der Waals surface area contributed by atoms with Gasteiger partial charge in [0.25, 0.3) is 0 Å². The van der Waals surface area contributed by atoms with Gasteiger partial charge in [-0.05, 0) is 6.92 Å². The fraction of sp³-hybridized carbons (Fsp3) is 0.500. The molecule has 4 nitrogen and oxygen atoms in total. The number of carbonyl (C=O) groups excluding carboxylic acids is 2. The summed E-state index contributed by atoms with van der Waals surface area (Å²) in [7, 11) is 3.45. The normalized spacial score (nSPS) is 10.8. The first kappa shape index (κ1) is 10.7. The third-order valence-electron chi connectivity index (χ3n) is 1.04. The topological polar surface area (TPSA) is 46.6 Å². The maximum atomic E-state index is 11.0. The Morgan fingerprint density at radius 2 is 2.08 bits per heavy atom. The third kappa shape index (κ3) is 3.75. The first-order valence-corrected chi connectivity index (χ1v) is 3.62. The Bertz CT molecular complexity index is 196. The van der Waals surface area contributed by atoms with E-state index in [0.29, 0.717) is 6.29 Å². The molecule has 4 heteroatoms. The van der Waals surface area contributed by atoms with Crippen LogP contribution in [0.25, 0.3) is 0 Å². The van der Waals surface area contributed by atoms with E-state index in [1.54, 1.807) is 25.9 Å². The number of aldehydes is 1. The summed E-state index contributed by atoms with van der Waals surface area (Å²) in [6, 6.07) is 0. The molecule has 0 aromatic rings. The van der Waals surface area contributed by atoms with E-state index in [2.05, 4.69) is 4.74 Å². The number of esters is 1. The average molecular weight is 171 g/mol. The van der Waals surface area contributed by atoms with Crippen LogP contribution in [0.15, 0.2) is 11.8 Å². The van der Waals surface area contributed by atoms with Crippen LogP contribution >= 0.6 is 0 Å². The zero-order valence-electron chi connectivity index (χ0n) is 7.53. The number of rotatable bonds is 4. The fourth-order valence-electron chi connectivity index (χ4n) is 0.624. The van der Waals surface area contributed by atoms with E-state index in [0.717, 1.165) is 0 Å². The highest BCUT2D eigenvalue weighted by atomic mass is 16.5. The Labute approximate surface area is 71.8 Å². The van der Waals surface area contributed by atoms with Crippen LogP contribution in [0.1, 0.15) is 6.92 Å². The lowest BCUT2D eigenvalue weighted by Gasteiger charge is -2.06. The lowest BCUT2D eigenvalue weighted by atomic mass is 10.3. The van der Waals surface area contributed by atoms with Crippen molar-refractivity contribution in [3.05, 3.63) is 11.8 Å². The molecule has 0 heterocycles. The summed E-state index contributed by atoms with van der Waals surface area (Å²) in [6.45, 7) is 1.97. The summed E-state index contributed by atoms with van der Waals surface area (Å²) in [4.78, 5) is 22.9. The molecule has 0 unspecified atom stereocenters. The van der Waals surface area contributed by atoms with E-state index in [-0.39, 0.29) is 12.2 Å². The van der Waals surface area contributed by atoms with Crippen LogP contribution in [0, 0.1) is 0 Å². The standard InChI is InChI=1S/C8H13NO3/c1-4-12-8(11)7(6-10)5-9(2)3/h5-6H,4H2,1-3H3. The van der Waals surface area contributed by atoms with Gasteiger partial charge in [0.1, 0.15) is 5.57 Å². The minimum absolute atomic E-state index is 0.0295. The Morgan fingerprint density at radius 1 is 1.50 bits per heavy atom. The molecular weight excluding hydrogens is 158 g/mol. The lowest BCUT2D eigenvalue weighted by Crippen LogP contribution is -2.13. The molecule has 0 fully saturated rings. The summed E-state index contributed by atoms with van der Waals surface area (Å²) in [5, 5.41) is 0. The van der Waals surface area contributed by atoms with E-state index >= 15 is 0 Å². The van der Waals surface area contributed by atoms with Crippen molar-refractivity contribution in [2.24, 2.45) is 0 Å². The molecule has 0 aliphatic heterocycles. The van der Waals surface area contributed by atoms with Crippen LogP contribution in [0.2, 0.25) is 0 Å². The molecule has 0 aromatic heterocycles. The van der Waals surface area contributed by atoms with Crippen LogP contribution in [-0.2, 0) is 14.3 Å². The molecule has 0 spiro atoms. The minimum Gasteiger partial charge on any atom is -0.462 e. The molecule has 0 saturated heterocycles. The van der Waals surface area contributed by atoms with Crippen LogP contribution in [0.4, 0.5) is 0 Å². The van der Waals surface area contributed by atoms with Crippen molar-refractivity contribution in [2.45, 2.75) is 6.92 Å². The van der Waals surface area contributed by atoms with Gasteiger partial charge < -0.3 is 9.64 Å². The first-order chi connectivity index (χ1) is 5.61. The second-order valence-corrected chi connectivity index (χ2v) is 2.39. The van der Waals surface area contributed by atoms with E-state index in [1.165, 1.54) is 6.20 Å². The van der Waals surface area contributed by atoms with Crippen LogP contribution < -0.4 is 0 Å². The van der Waals surface area contributed by atoms with Gasteiger partial charge in [0.15, 0.2) is 6.29 Å². The molecule has 0 radical (unpaired) electrons. The number of ether oxygens (including phenoxy) is 1. The zero-order valence-corrected chi connectivity index (χ0v) is 7.53. The second-order valence-electron chi connectivity index (χ2n) is 2.39. The zero-order chi connectivity index (χ0) is 9.56. The quantitative estimate of drug-likeness (QED) is 0.199. The monoisotopic (exact) mass is 171 g/mol. The maximum absolute atomic E-state index is 11.0. The molecule has 0 aliphatic carbocycles. The van der Waals surface area contributed by atoms with Gasteiger partial charge in [-0.15, -0.1) is 0 Å². The van der Waals surface area contributed by atoms with E-state index in [9.17, 15) is 9.59 Å². The lowest BCUT2D eigenvalue weighted by molar-refractivity contribution is -0.139.